The van der Waals surface area contributed by atoms with Crippen LogP contribution in [-0.4, -0.2) is 19.1 Å². The highest BCUT2D eigenvalue weighted by Gasteiger charge is 2.12. The molecule has 0 amide bonds. The minimum absolute atomic E-state index is 0. The number of esters is 1. The topological polar surface area (TPSA) is 52.3 Å². The van der Waals surface area contributed by atoms with E-state index in [0.717, 1.165) is 12.8 Å². The van der Waals surface area contributed by atoms with Gasteiger partial charge in [-0.2, -0.15) is 0 Å². The lowest BCUT2D eigenvalue weighted by atomic mass is 10.0. The molecular formula is C15H32ClNO2. The Bertz CT molecular complexity index is 201. The maximum atomic E-state index is 11.1. The Hall–Kier alpha value is -0.280. The molecule has 0 saturated carbocycles. The minimum Gasteiger partial charge on any atom is -0.468 e. The van der Waals surface area contributed by atoms with Crippen molar-refractivity contribution in [1.82, 2.24) is 0 Å². The molecule has 0 aromatic heterocycles. The predicted octanol–water partition coefficient (Wildman–Crippen LogP) is 4.22. The fourth-order valence-electron chi connectivity index (χ4n) is 2.12. The molecule has 0 aromatic rings. The van der Waals surface area contributed by atoms with E-state index >= 15 is 0 Å². The molecule has 0 aliphatic heterocycles. The van der Waals surface area contributed by atoms with Crippen LogP contribution in [-0.2, 0) is 9.53 Å². The Morgan fingerprint density at radius 2 is 1.37 bits per heavy atom. The molecule has 0 heterocycles. The van der Waals surface area contributed by atoms with Gasteiger partial charge in [0.05, 0.1) is 7.11 Å². The van der Waals surface area contributed by atoms with Gasteiger partial charge in [-0.15, -0.1) is 12.4 Å². The van der Waals surface area contributed by atoms with Crippen molar-refractivity contribution in [2.24, 2.45) is 5.73 Å². The van der Waals surface area contributed by atoms with Crippen LogP contribution in [0.15, 0.2) is 0 Å². The first-order valence-electron chi connectivity index (χ1n) is 7.55. The second-order valence-corrected chi connectivity index (χ2v) is 5.10. The first-order chi connectivity index (χ1) is 8.72. The Morgan fingerprint density at radius 3 is 1.79 bits per heavy atom. The van der Waals surface area contributed by atoms with Crippen molar-refractivity contribution < 1.29 is 9.53 Å². The highest BCUT2D eigenvalue weighted by molar-refractivity contribution is 5.85. The van der Waals surface area contributed by atoms with Gasteiger partial charge in [0.2, 0.25) is 0 Å². The standard InChI is InChI=1S/C15H31NO2.ClH/c1-3-4-5-6-7-8-9-10-11-12-13-14(16)15(17)18-2;/h14H,3-13,16H2,1-2H3;1H. The van der Waals surface area contributed by atoms with Crippen molar-refractivity contribution in [2.45, 2.75) is 83.6 Å². The summed E-state index contributed by atoms with van der Waals surface area (Å²) in [5, 5.41) is 0. The zero-order chi connectivity index (χ0) is 13.6. The van der Waals surface area contributed by atoms with Gasteiger partial charge in [-0.25, -0.2) is 0 Å². The maximum Gasteiger partial charge on any atom is 0.322 e. The molecule has 0 spiro atoms. The zero-order valence-electron chi connectivity index (χ0n) is 12.7. The smallest absolute Gasteiger partial charge is 0.322 e. The summed E-state index contributed by atoms with van der Waals surface area (Å²) in [6.45, 7) is 2.25. The zero-order valence-corrected chi connectivity index (χ0v) is 13.5. The van der Waals surface area contributed by atoms with E-state index in [1.165, 1.54) is 64.9 Å². The number of unbranched alkanes of at least 4 members (excludes halogenated alkanes) is 9. The highest BCUT2D eigenvalue weighted by Crippen LogP contribution is 2.11. The fourth-order valence-corrected chi connectivity index (χ4v) is 2.12. The van der Waals surface area contributed by atoms with Crippen molar-refractivity contribution >= 4 is 18.4 Å². The second kappa shape index (κ2) is 15.8. The molecule has 0 bridgehead atoms. The van der Waals surface area contributed by atoms with E-state index in [4.69, 9.17) is 5.73 Å². The molecule has 0 aliphatic rings. The molecular weight excluding hydrogens is 262 g/mol. The van der Waals surface area contributed by atoms with E-state index < -0.39 is 6.04 Å². The molecule has 0 aromatic carbocycles. The number of rotatable bonds is 12. The molecule has 116 valence electrons. The van der Waals surface area contributed by atoms with Crippen LogP contribution in [0.5, 0.6) is 0 Å². The van der Waals surface area contributed by atoms with Crippen LogP contribution < -0.4 is 5.73 Å². The number of ether oxygens (including phenoxy) is 1. The summed E-state index contributed by atoms with van der Waals surface area (Å²) < 4.78 is 4.59. The lowest BCUT2D eigenvalue weighted by Gasteiger charge is -2.08. The van der Waals surface area contributed by atoms with E-state index in [9.17, 15) is 4.79 Å². The van der Waals surface area contributed by atoms with Crippen LogP contribution >= 0.6 is 12.4 Å². The summed E-state index contributed by atoms with van der Waals surface area (Å²) in [7, 11) is 1.39. The third-order valence-electron chi connectivity index (χ3n) is 3.37. The van der Waals surface area contributed by atoms with Crippen molar-refractivity contribution in [2.75, 3.05) is 7.11 Å². The number of carbonyl (C=O) groups is 1. The lowest BCUT2D eigenvalue weighted by Crippen LogP contribution is -2.31. The van der Waals surface area contributed by atoms with Gasteiger partial charge in [0.1, 0.15) is 6.04 Å². The summed E-state index contributed by atoms with van der Waals surface area (Å²) in [5.41, 5.74) is 5.66. The molecule has 4 heteroatoms. The summed E-state index contributed by atoms with van der Waals surface area (Å²) in [5.74, 6) is -0.286. The van der Waals surface area contributed by atoms with Gasteiger partial charge < -0.3 is 10.5 Å². The third-order valence-corrected chi connectivity index (χ3v) is 3.37. The van der Waals surface area contributed by atoms with E-state index in [-0.39, 0.29) is 18.4 Å². The molecule has 2 N–H and O–H groups in total. The summed E-state index contributed by atoms with van der Waals surface area (Å²) in [4.78, 5) is 11.1. The van der Waals surface area contributed by atoms with Crippen LogP contribution in [0.1, 0.15) is 77.6 Å². The molecule has 0 fully saturated rings. The van der Waals surface area contributed by atoms with Gasteiger partial charge in [-0.3, -0.25) is 4.79 Å². The Morgan fingerprint density at radius 1 is 0.947 bits per heavy atom. The normalized spacial score (nSPS) is 11.7. The number of hydrogen-bond donors (Lipinski definition) is 1. The first-order valence-corrected chi connectivity index (χ1v) is 7.55. The quantitative estimate of drug-likeness (QED) is 0.433. The van der Waals surface area contributed by atoms with Crippen molar-refractivity contribution in [3.63, 3.8) is 0 Å². The number of hydrogen-bond acceptors (Lipinski definition) is 3. The molecule has 0 saturated heterocycles. The molecule has 1 atom stereocenters. The van der Waals surface area contributed by atoms with E-state index in [1.807, 2.05) is 0 Å². The molecule has 0 aliphatic carbocycles. The maximum absolute atomic E-state index is 11.1. The van der Waals surface area contributed by atoms with Crippen LogP contribution in [0.2, 0.25) is 0 Å². The summed E-state index contributed by atoms with van der Waals surface area (Å²) in [6, 6.07) is -0.427. The molecule has 1 unspecified atom stereocenters. The second-order valence-electron chi connectivity index (χ2n) is 5.10. The molecule has 0 rings (SSSR count). The fraction of sp³-hybridized carbons (Fsp3) is 0.933. The van der Waals surface area contributed by atoms with Crippen molar-refractivity contribution in [3.05, 3.63) is 0 Å². The average Bonchev–Trinajstić information content (AvgIpc) is 2.39. The molecule has 3 nitrogen and oxygen atoms in total. The van der Waals surface area contributed by atoms with Crippen molar-refractivity contribution in [1.29, 1.82) is 0 Å². The van der Waals surface area contributed by atoms with Crippen LogP contribution in [0.25, 0.3) is 0 Å². The average molecular weight is 294 g/mol. The van der Waals surface area contributed by atoms with Gasteiger partial charge in [0.15, 0.2) is 0 Å². The van der Waals surface area contributed by atoms with Crippen LogP contribution in [0.4, 0.5) is 0 Å². The number of nitrogens with two attached hydrogens (primary N) is 1. The first kappa shape index (κ1) is 21.0. The molecule has 19 heavy (non-hydrogen) atoms. The predicted molar refractivity (Wildman–Crippen MR) is 83.7 cm³/mol. The van der Waals surface area contributed by atoms with Gasteiger partial charge in [-0.05, 0) is 6.42 Å². The molecule has 0 radical (unpaired) electrons. The highest BCUT2D eigenvalue weighted by atomic mass is 35.5. The summed E-state index contributed by atoms with van der Waals surface area (Å²) >= 11 is 0. The number of carbonyl (C=O) groups excluding carboxylic acids is 1. The monoisotopic (exact) mass is 293 g/mol. The number of methoxy groups -OCH3 is 1. The number of halogens is 1. The van der Waals surface area contributed by atoms with E-state index in [1.54, 1.807) is 0 Å². The lowest BCUT2D eigenvalue weighted by molar-refractivity contribution is -0.142. The van der Waals surface area contributed by atoms with Crippen LogP contribution in [0.3, 0.4) is 0 Å². The van der Waals surface area contributed by atoms with Gasteiger partial charge >= 0.3 is 5.97 Å². The Balaban J connectivity index is 0. The van der Waals surface area contributed by atoms with E-state index in [0.29, 0.717) is 0 Å². The van der Waals surface area contributed by atoms with Crippen molar-refractivity contribution in [3.8, 4) is 0 Å². The third kappa shape index (κ3) is 13.9. The minimum atomic E-state index is -0.427. The van der Waals surface area contributed by atoms with Gasteiger partial charge in [0, 0.05) is 0 Å². The SMILES string of the molecule is CCCCCCCCCCCCC(N)C(=O)OC.Cl. The Kier molecular flexibility index (Phi) is 17.5. The van der Waals surface area contributed by atoms with Gasteiger partial charge in [-0.1, -0.05) is 71.1 Å². The Labute approximate surface area is 125 Å². The van der Waals surface area contributed by atoms with E-state index in [2.05, 4.69) is 11.7 Å². The van der Waals surface area contributed by atoms with Gasteiger partial charge in [0.25, 0.3) is 0 Å². The summed E-state index contributed by atoms with van der Waals surface area (Å²) in [6.07, 6.45) is 13.8. The largest absolute Gasteiger partial charge is 0.468 e. The van der Waals surface area contributed by atoms with Crippen LogP contribution in [0, 0.1) is 0 Å².